The van der Waals surface area contributed by atoms with Crippen LogP contribution in [0, 0.1) is 6.92 Å². The van der Waals surface area contributed by atoms with Gasteiger partial charge < -0.3 is 10.1 Å². The van der Waals surface area contributed by atoms with Gasteiger partial charge in [-0.15, -0.1) is 0 Å². The average molecular weight is 298 g/mol. The first kappa shape index (κ1) is 12.9. The normalized spacial score (nSPS) is 19.5. The largest absolute Gasteiger partial charge is 0.385 e. The number of halogens is 1. The van der Waals surface area contributed by atoms with E-state index in [4.69, 9.17) is 4.74 Å². The van der Waals surface area contributed by atoms with Gasteiger partial charge in [-0.1, -0.05) is 22.0 Å². The van der Waals surface area contributed by atoms with Crippen molar-refractivity contribution < 1.29 is 4.74 Å². The van der Waals surface area contributed by atoms with Crippen molar-refractivity contribution in [3.63, 3.8) is 0 Å². The van der Waals surface area contributed by atoms with Crippen LogP contribution >= 0.6 is 15.9 Å². The Morgan fingerprint density at radius 1 is 1.47 bits per heavy atom. The summed E-state index contributed by atoms with van der Waals surface area (Å²) in [5.41, 5.74) is 2.51. The van der Waals surface area contributed by atoms with Gasteiger partial charge in [-0.25, -0.2) is 0 Å². The molecule has 94 valence electrons. The van der Waals surface area contributed by atoms with Crippen LogP contribution in [0.5, 0.6) is 0 Å². The molecule has 1 aliphatic rings. The number of benzene rings is 1. The van der Waals surface area contributed by atoms with E-state index in [-0.39, 0.29) is 0 Å². The Bertz CT molecular complexity index is 361. The lowest BCUT2D eigenvalue weighted by Crippen LogP contribution is -2.09. The number of hydrogen-bond donors (Lipinski definition) is 1. The molecule has 1 saturated heterocycles. The quantitative estimate of drug-likeness (QED) is 0.825. The molecular weight excluding hydrogens is 278 g/mol. The summed E-state index contributed by atoms with van der Waals surface area (Å²) in [6.45, 7) is 4.12. The van der Waals surface area contributed by atoms with Gasteiger partial charge in [0.1, 0.15) is 0 Å². The monoisotopic (exact) mass is 297 g/mol. The van der Waals surface area contributed by atoms with Crippen molar-refractivity contribution in [1.29, 1.82) is 0 Å². The van der Waals surface area contributed by atoms with Crippen molar-refractivity contribution in [2.45, 2.75) is 38.7 Å². The van der Waals surface area contributed by atoms with Crippen LogP contribution in [0.2, 0.25) is 0 Å². The van der Waals surface area contributed by atoms with Gasteiger partial charge in [-0.2, -0.15) is 0 Å². The molecular formula is C14H20BrNO. The third-order valence-corrected chi connectivity index (χ3v) is 4.17. The molecule has 1 heterocycles. The minimum absolute atomic E-state index is 0.514. The number of rotatable bonds is 5. The summed E-state index contributed by atoms with van der Waals surface area (Å²) in [5, 5.41) is 3.49. The second-order valence-corrected chi connectivity index (χ2v) is 5.47. The molecule has 1 atom stereocenters. The molecule has 3 heteroatoms. The zero-order chi connectivity index (χ0) is 12.1. The second kappa shape index (κ2) is 6.41. The van der Waals surface area contributed by atoms with Crippen LogP contribution in [0.1, 0.15) is 31.2 Å². The Morgan fingerprint density at radius 2 is 2.35 bits per heavy atom. The third kappa shape index (κ3) is 3.71. The van der Waals surface area contributed by atoms with Crippen molar-refractivity contribution in [2.24, 2.45) is 0 Å². The first-order chi connectivity index (χ1) is 8.27. The van der Waals surface area contributed by atoms with Crippen molar-refractivity contribution in [1.82, 2.24) is 0 Å². The predicted octanol–water partition coefficient (Wildman–Crippen LogP) is 4.13. The average Bonchev–Trinajstić information content (AvgIpc) is 2.83. The summed E-state index contributed by atoms with van der Waals surface area (Å²) in [7, 11) is 0. The van der Waals surface area contributed by atoms with E-state index >= 15 is 0 Å². The van der Waals surface area contributed by atoms with E-state index in [0.717, 1.165) is 13.2 Å². The lowest BCUT2D eigenvalue weighted by molar-refractivity contribution is 0.103. The molecule has 0 saturated carbocycles. The second-order valence-electron chi connectivity index (χ2n) is 4.62. The molecule has 1 fully saturated rings. The van der Waals surface area contributed by atoms with Crippen molar-refractivity contribution in [2.75, 3.05) is 18.5 Å². The van der Waals surface area contributed by atoms with Crippen LogP contribution in [-0.4, -0.2) is 19.3 Å². The number of nitrogens with one attached hydrogen (secondary N) is 1. The van der Waals surface area contributed by atoms with Gasteiger partial charge in [0, 0.05) is 23.3 Å². The fourth-order valence-electron chi connectivity index (χ4n) is 2.22. The molecule has 1 aromatic rings. The summed E-state index contributed by atoms with van der Waals surface area (Å²) < 4.78 is 6.78. The molecule has 0 radical (unpaired) electrons. The topological polar surface area (TPSA) is 21.3 Å². The lowest BCUT2D eigenvalue weighted by atomic mass is 10.1. The lowest BCUT2D eigenvalue weighted by Gasteiger charge is -2.12. The van der Waals surface area contributed by atoms with Crippen molar-refractivity contribution in [3.8, 4) is 0 Å². The van der Waals surface area contributed by atoms with Crippen LogP contribution < -0.4 is 5.32 Å². The molecule has 0 aromatic heterocycles. The zero-order valence-corrected chi connectivity index (χ0v) is 11.9. The highest BCUT2D eigenvalue weighted by Gasteiger charge is 2.14. The van der Waals surface area contributed by atoms with E-state index in [9.17, 15) is 0 Å². The molecule has 0 bridgehead atoms. The molecule has 17 heavy (non-hydrogen) atoms. The Kier molecular flexibility index (Phi) is 4.86. The van der Waals surface area contributed by atoms with Gasteiger partial charge in [-0.05, 0) is 50.3 Å². The first-order valence-corrected chi connectivity index (χ1v) is 7.17. The molecule has 0 aliphatic carbocycles. The molecule has 1 aromatic carbocycles. The smallest absolute Gasteiger partial charge is 0.0576 e. The summed E-state index contributed by atoms with van der Waals surface area (Å²) >= 11 is 3.55. The standard InChI is InChI=1S/C14H20BrNO/c1-11-13(15)7-2-8-14(11)16-9-3-5-12-6-4-10-17-12/h2,7-8,12,16H,3-6,9-10H2,1H3. The van der Waals surface area contributed by atoms with E-state index in [0.29, 0.717) is 6.10 Å². The van der Waals surface area contributed by atoms with E-state index in [1.807, 2.05) is 0 Å². The summed E-state index contributed by atoms with van der Waals surface area (Å²) in [4.78, 5) is 0. The number of ether oxygens (including phenoxy) is 1. The molecule has 2 rings (SSSR count). The van der Waals surface area contributed by atoms with Gasteiger partial charge in [0.25, 0.3) is 0 Å². The van der Waals surface area contributed by atoms with Gasteiger partial charge in [-0.3, -0.25) is 0 Å². The van der Waals surface area contributed by atoms with Crippen molar-refractivity contribution >= 4 is 21.6 Å². The Morgan fingerprint density at radius 3 is 3.12 bits per heavy atom. The maximum Gasteiger partial charge on any atom is 0.0576 e. The minimum Gasteiger partial charge on any atom is -0.385 e. The van der Waals surface area contributed by atoms with E-state index < -0.39 is 0 Å². The Balaban J connectivity index is 1.72. The summed E-state index contributed by atoms with van der Waals surface area (Å²) in [5.74, 6) is 0. The first-order valence-electron chi connectivity index (χ1n) is 6.38. The number of anilines is 1. The van der Waals surface area contributed by atoms with Crippen molar-refractivity contribution in [3.05, 3.63) is 28.2 Å². The maximum atomic E-state index is 5.61. The molecule has 0 spiro atoms. The molecule has 1 aliphatic heterocycles. The van der Waals surface area contributed by atoms with E-state index in [1.54, 1.807) is 0 Å². The minimum atomic E-state index is 0.514. The van der Waals surface area contributed by atoms with Gasteiger partial charge in [0.15, 0.2) is 0 Å². The highest BCUT2D eigenvalue weighted by Crippen LogP contribution is 2.23. The van der Waals surface area contributed by atoms with Crippen LogP contribution in [0.25, 0.3) is 0 Å². The zero-order valence-electron chi connectivity index (χ0n) is 10.3. The van der Waals surface area contributed by atoms with E-state index in [1.165, 1.54) is 41.4 Å². The molecule has 0 amide bonds. The van der Waals surface area contributed by atoms with Crippen LogP contribution in [0.15, 0.2) is 22.7 Å². The summed E-state index contributed by atoms with van der Waals surface area (Å²) in [6, 6.07) is 6.28. The van der Waals surface area contributed by atoms with Crippen LogP contribution in [-0.2, 0) is 4.74 Å². The third-order valence-electron chi connectivity index (χ3n) is 3.31. The predicted molar refractivity (Wildman–Crippen MR) is 75.6 cm³/mol. The number of hydrogen-bond acceptors (Lipinski definition) is 2. The van der Waals surface area contributed by atoms with E-state index in [2.05, 4.69) is 46.4 Å². The fraction of sp³-hybridized carbons (Fsp3) is 0.571. The molecule has 1 unspecified atom stereocenters. The van der Waals surface area contributed by atoms with Crippen LogP contribution in [0.3, 0.4) is 0 Å². The Labute approximate surface area is 112 Å². The SMILES string of the molecule is Cc1c(Br)cccc1NCCCC1CCCO1. The maximum absolute atomic E-state index is 5.61. The highest BCUT2D eigenvalue weighted by atomic mass is 79.9. The van der Waals surface area contributed by atoms with Crippen LogP contribution in [0.4, 0.5) is 5.69 Å². The molecule has 1 N–H and O–H groups in total. The van der Waals surface area contributed by atoms with Gasteiger partial charge >= 0.3 is 0 Å². The highest BCUT2D eigenvalue weighted by molar-refractivity contribution is 9.10. The van der Waals surface area contributed by atoms with Gasteiger partial charge in [0.05, 0.1) is 6.10 Å². The Hall–Kier alpha value is -0.540. The summed E-state index contributed by atoms with van der Waals surface area (Å²) in [6.07, 6.45) is 5.36. The fourth-order valence-corrected chi connectivity index (χ4v) is 2.59. The van der Waals surface area contributed by atoms with Gasteiger partial charge in [0.2, 0.25) is 0 Å². The molecule has 2 nitrogen and oxygen atoms in total.